The van der Waals surface area contributed by atoms with Gasteiger partial charge < -0.3 is 10.6 Å². The second-order valence-electron chi connectivity index (χ2n) is 5.95. The number of amides is 2. The molecule has 2 rings (SSSR count). The number of benzene rings is 1. The summed E-state index contributed by atoms with van der Waals surface area (Å²) in [6.45, 7) is 4.24. The lowest BCUT2D eigenvalue weighted by Gasteiger charge is -2.14. The number of hydrogen-bond donors (Lipinski definition) is 2. The number of halogens is 2. The summed E-state index contributed by atoms with van der Waals surface area (Å²) >= 11 is 0. The highest BCUT2D eigenvalue weighted by Crippen LogP contribution is 2.16. The molecule has 0 radical (unpaired) electrons. The average Bonchev–Trinajstić information content (AvgIpc) is 3.05. The van der Waals surface area contributed by atoms with E-state index < -0.39 is 17.5 Å². The molecular weight excluding hydrogens is 342 g/mol. The number of carbonyl (C=O) groups is 2. The zero-order valence-corrected chi connectivity index (χ0v) is 14.8. The predicted molar refractivity (Wildman–Crippen MR) is 93.8 cm³/mol. The SMILES string of the molecule is CCC(C)n1nccc1NC(=O)CCCNC(=O)c1ccc(F)cc1F. The summed E-state index contributed by atoms with van der Waals surface area (Å²) in [4.78, 5) is 23.9. The highest BCUT2D eigenvalue weighted by atomic mass is 19.1. The van der Waals surface area contributed by atoms with Gasteiger partial charge in [0.1, 0.15) is 17.5 Å². The van der Waals surface area contributed by atoms with Crippen LogP contribution in [0, 0.1) is 11.6 Å². The number of aromatic nitrogens is 2. The number of nitrogens with one attached hydrogen (secondary N) is 2. The minimum absolute atomic E-state index is 0.171. The summed E-state index contributed by atoms with van der Waals surface area (Å²) in [5, 5.41) is 9.49. The van der Waals surface area contributed by atoms with E-state index in [-0.39, 0.29) is 30.5 Å². The molecule has 2 aromatic rings. The second kappa shape index (κ2) is 9.07. The van der Waals surface area contributed by atoms with Crippen LogP contribution in [0.1, 0.15) is 49.5 Å². The lowest BCUT2D eigenvalue weighted by molar-refractivity contribution is -0.116. The van der Waals surface area contributed by atoms with Crippen LogP contribution in [0.5, 0.6) is 0 Å². The van der Waals surface area contributed by atoms with Crippen LogP contribution in [-0.4, -0.2) is 28.1 Å². The molecule has 2 amide bonds. The summed E-state index contributed by atoms with van der Waals surface area (Å²) in [6, 6.07) is 4.66. The molecule has 0 saturated heterocycles. The fourth-order valence-electron chi connectivity index (χ4n) is 2.36. The zero-order chi connectivity index (χ0) is 19.1. The summed E-state index contributed by atoms with van der Waals surface area (Å²) in [5.41, 5.74) is -0.228. The molecule has 0 aliphatic heterocycles. The molecule has 26 heavy (non-hydrogen) atoms. The minimum atomic E-state index is -0.918. The highest BCUT2D eigenvalue weighted by molar-refractivity contribution is 5.94. The quantitative estimate of drug-likeness (QED) is 0.706. The van der Waals surface area contributed by atoms with Gasteiger partial charge in [0.25, 0.3) is 5.91 Å². The van der Waals surface area contributed by atoms with Gasteiger partial charge in [0, 0.05) is 25.1 Å². The van der Waals surface area contributed by atoms with Crippen LogP contribution in [-0.2, 0) is 4.79 Å². The molecule has 0 saturated carbocycles. The second-order valence-corrected chi connectivity index (χ2v) is 5.95. The van der Waals surface area contributed by atoms with E-state index in [0.29, 0.717) is 18.3 Å². The Hall–Kier alpha value is -2.77. The smallest absolute Gasteiger partial charge is 0.254 e. The fraction of sp³-hybridized carbons (Fsp3) is 0.389. The largest absolute Gasteiger partial charge is 0.352 e. The molecule has 1 atom stereocenters. The van der Waals surface area contributed by atoms with Gasteiger partial charge in [0.2, 0.25) is 5.91 Å². The van der Waals surface area contributed by atoms with E-state index in [0.717, 1.165) is 18.6 Å². The van der Waals surface area contributed by atoms with Gasteiger partial charge in [0.05, 0.1) is 17.8 Å². The van der Waals surface area contributed by atoms with E-state index in [1.54, 1.807) is 16.9 Å². The van der Waals surface area contributed by atoms with Crippen LogP contribution in [0.15, 0.2) is 30.5 Å². The summed E-state index contributed by atoms with van der Waals surface area (Å²) in [5.74, 6) is -1.87. The van der Waals surface area contributed by atoms with Crippen LogP contribution in [0.3, 0.4) is 0 Å². The third-order valence-corrected chi connectivity index (χ3v) is 3.99. The average molecular weight is 364 g/mol. The van der Waals surface area contributed by atoms with E-state index in [4.69, 9.17) is 0 Å². The maximum atomic E-state index is 13.5. The minimum Gasteiger partial charge on any atom is -0.352 e. The lowest BCUT2D eigenvalue weighted by Crippen LogP contribution is -2.26. The molecular formula is C18H22F2N4O2. The molecule has 0 spiro atoms. The zero-order valence-electron chi connectivity index (χ0n) is 14.8. The number of anilines is 1. The Bertz CT molecular complexity index is 776. The summed E-state index contributed by atoms with van der Waals surface area (Å²) < 4.78 is 28.1. The topological polar surface area (TPSA) is 76.0 Å². The molecule has 1 heterocycles. The van der Waals surface area contributed by atoms with Crippen LogP contribution in [0.4, 0.5) is 14.6 Å². The molecule has 1 aromatic carbocycles. The van der Waals surface area contributed by atoms with Crippen molar-refractivity contribution in [2.24, 2.45) is 0 Å². The molecule has 2 N–H and O–H groups in total. The van der Waals surface area contributed by atoms with Gasteiger partial charge in [-0.05, 0) is 31.9 Å². The number of nitrogens with zero attached hydrogens (tertiary/aromatic N) is 2. The number of hydrogen-bond acceptors (Lipinski definition) is 3. The van der Waals surface area contributed by atoms with Crippen molar-refractivity contribution in [1.82, 2.24) is 15.1 Å². The third-order valence-electron chi connectivity index (χ3n) is 3.99. The van der Waals surface area contributed by atoms with Crippen molar-refractivity contribution >= 4 is 17.6 Å². The number of carbonyl (C=O) groups excluding carboxylic acids is 2. The van der Waals surface area contributed by atoms with E-state index in [1.165, 1.54) is 0 Å². The Morgan fingerprint density at radius 2 is 2.04 bits per heavy atom. The molecule has 1 aromatic heterocycles. The van der Waals surface area contributed by atoms with Gasteiger partial charge >= 0.3 is 0 Å². The Kier molecular flexibility index (Phi) is 6.82. The fourth-order valence-corrected chi connectivity index (χ4v) is 2.36. The van der Waals surface area contributed by atoms with Crippen molar-refractivity contribution in [2.75, 3.05) is 11.9 Å². The van der Waals surface area contributed by atoms with Crippen LogP contribution >= 0.6 is 0 Å². The van der Waals surface area contributed by atoms with Crippen LogP contribution < -0.4 is 10.6 Å². The van der Waals surface area contributed by atoms with E-state index in [2.05, 4.69) is 15.7 Å². The Morgan fingerprint density at radius 1 is 1.27 bits per heavy atom. The van der Waals surface area contributed by atoms with E-state index >= 15 is 0 Å². The van der Waals surface area contributed by atoms with Gasteiger partial charge in [-0.2, -0.15) is 5.10 Å². The van der Waals surface area contributed by atoms with E-state index in [9.17, 15) is 18.4 Å². The summed E-state index contributed by atoms with van der Waals surface area (Å²) in [7, 11) is 0. The molecule has 140 valence electrons. The third kappa shape index (κ3) is 5.11. The first-order valence-electron chi connectivity index (χ1n) is 8.49. The predicted octanol–water partition coefficient (Wildman–Crippen LogP) is 3.28. The number of rotatable bonds is 8. The molecule has 1 unspecified atom stereocenters. The maximum Gasteiger partial charge on any atom is 0.254 e. The Morgan fingerprint density at radius 3 is 2.73 bits per heavy atom. The lowest BCUT2D eigenvalue weighted by atomic mass is 10.2. The van der Waals surface area contributed by atoms with Crippen molar-refractivity contribution in [3.63, 3.8) is 0 Å². The van der Waals surface area contributed by atoms with Gasteiger partial charge in [-0.1, -0.05) is 6.92 Å². The first-order valence-corrected chi connectivity index (χ1v) is 8.49. The van der Waals surface area contributed by atoms with Crippen LogP contribution in [0.2, 0.25) is 0 Å². The van der Waals surface area contributed by atoms with Crippen molar-refractivity contribution < 1.29 is 18.4 Å². The molecule has 0 aliphatic carbocycles. The van der Waals surface area contributed by atoms with Crippen molar-refractivity contribution in [3.8, 4) is 0 Å². The van der Waals surface area contributed by atoms with Gasteiger partial charge in [-0.25, -0.2) is 13.5 Å². The summed E-state index contributed by atoms with van der Waals surface area (Å²) in [6.07, 6.45) is 3.09. The standard InChI is InChI=1S/C18H22F2N4O2/c1-3-12(2)24-16(8-10-22-24)23-17(25)5-4-9-21-18(26)14-7-6-13(19)11-15(14)20/h6-8,10-12H,3-5,9H2,1-2H3,(H,21,26)(H,23,25). The van der Waals surface area contributed by atoms with E-state index in [1.807, 2.05) is 13.8 Å². The van der Waals surface area contributed by atoms with Crippen LogP contribution in [0.25, 0.3) is 0 Å². The van der Waals surface area contributed by atoms with Crippen molar-refractivity contribution in [1.29, 1.82) is 0 Å². The first-order chi connectivity index (χ1) is 12.4. The molecule has 6 nitrogen and oxygen atoms in total. The van der Waals surface area contributed by atoms with Gasteiger partial charge in [-0.3, -0.25) is 9.59 Å². The molecule has 0 fully saturated rings. The van der Waals surface area contributed by atoms with Gasteiger partial charge in [0.15, 0.2) is 0 Å². The normalized spacial score (nSPS) is 11.8. The molecule has 0 bridgehead atoms. The molecule has 0 aliphatic rings. The Labute approximate surface area is 150 Å². The Balaban J connectivity index is 1.77. The van der Waals surface area contributed by atoms with Crippen molar-refractivity contribution in [2.45, 2.75) is 39.2 Å². The monoisotopic (exact) mass is 364 g/mol. The van der Waals surface area contributed by atoms with Crippen molar-refractivity contribution in [3.05, 3.63) is 47.7 Å². The highest BCUT2D eigenvalue weighted by Gasteiger charge is 2.13. The molecule has 8 heteroatoms. The maximum absolute atomic E-state index is 13.5. The first kappa shape index (κ1) is 19.6. The van der Waals surface area contributed by atoms with Gasteiger partial charge in [-0.15, -0.1) is 0 Å².